The van der Waals surface area contributed by atoms with Gasteiger partial charge in [0, 0.05) is 11.4 Å². The molecule has 1 aromatic heterocycles. The highest BCUT2D eigenvalue weighted by molar-refractivity contribution is 7.91. The molecule has 2 heterocycles. The van der Waals surface area contributed by atoms with Gasteiger partial charge in [0.1, 0.15) is 10.3 Å². The Bertz CT molecular complexity index is 905. The second kappa shape index (κ2) is 7.50. The van der Waals surface area contributed by atoms with Crippen molar-refractivity contribution in [2.24, 2.45) is 0 Å². The Labute approximate surface area is 159 Å². The Hall–Kier alpha value is -1.70. The first-order valence-electron chi connectivity index (χ1n) is 8.75. The minimum Gasteiger partial charge on any atom is -0.348 e. The van der Waals surface area contributed by atoms with E-state index in [4.69, 9.17) is 0 Å². The molecular weight excluding hydrogens is 368 g/mol. The van der Waals surface area contributed by atoms with Gasteiger partial charge in [0.15, 0.2) is 0 Å². The average molecular weight is 393 g/mol. The van der Waals surface area contributed by atoms with Crippen LogP contribution in [-0.4, -0.2) is 31.2 Å². The number of aryl methyl sites for hydroxylation is 2. The number of rotatable bonds is 5. The number of thiophene rings is 1. The smallest absolute Gasteiger partial charge is 0.253 e. The second-order valence-electron chi connectivity index (χ2n) is 6.73. The Balaban J connectivity index is 1.77. The van der Waals surface area contributed by atoms with Crippen LogP contribution in [-0.2, 0) is 14.8 Å². The van der Waals surface area contributed by atoms with Crippen LogP contribution in [0, 0.1) is 13.8 Å². The lowest BCUT2D eigenvalue weighted by atomic mass is 10.0. The largest absolute Gasteiger partial charge is 0.348 e. The molecule has 5 nitrogen and oxygen atoms in total. The summed E-state index contributed by atoms with van der Waals surface area (Å²) in [6, 6.07) is 10.5. The summed E-state index contributed by atoms with van der Waals surface area (Å²) < 4.78 is 27.5. The van der Waals surface area contributed by atoms with Crippen molar-refractivity contribution >= 4 is 27.3 Å². The van der Waals surface area contributed by atoms with E-state index in [0.717, 1.165) is 16.0 Å². The number of hydrogen-bond acceptors (Lipinski definition) is 4. The van der Waals surface area contributed by atoms with Crippen LogP contribution >= 0.6 is 11.3 Å². The summed E-state index contributed by atoms with van der Waals surface area (Å²) in [7, 11) is -3.63. The lowest BCUT2D eigenvalue weighted by Gasteiger charge is -2.25. The molecule has 1 aromatic carbocycles. The number of benzene rings is 1. The molecule has 2 aromatic rings. The van der Waals surface area contributed by atoms with Gasteiger partial charge in [-0.3, -0.25) is 4.79 Å². The van der Waals surface area contributed by atoms with Gasteiger partial charge in [-0.05, 0) is 56.9 Å². The first-order valence-corrected chi connectivity index (χ1v) is 11.0. The molecule has 2 atom stereocenters. The van der Waals surface area contributed by atoms with Gasteiger partial charge >= 0.3 is 0 Å². The molecule has 1 fully saturated rings. The zero-order valence-corrected chi connectivity index (χ0v) is 16.9. The summed E-state index contributed by atoms with van der Waals surface area (Å²) in [6.45, 7) is 6.19. The molecule has 1 aliphatic heterocycles. The van der Waals surface area contributed by atoms with Crippen LogP contribution in [0.3, 0.4) is 0 Å². The molecule has 0 aliphatic carbocycles. The quantitative estimate of drug-likeness (QED) is 0.848. The number of nitrogens with one attached hydrogen (secondary N) is 1. The van der Waals surface area contributed by atoms with Crippen LogP contribution in [0.1, 0.15) is 41.8 Å². The molecule has 2 unspecified atom stereocenters. The number of carbonyl (C=O) groups is 1. The fraction of sp³-hybridized carbons (Fsp3) is 0.421. The zero-order valence-electron chi connectivity index (χ0n) is 15.2. The maximum atomic E-state index is 12.9. The molecule has 1 N–H and O–H groups in total. The van der Waals surface area contributed by atoms with Gasteiger partial charge in [-0.2, -0.15) is 4.31 Å². The minimum absolute atomic E-state index is 0.169. The average Bonchev–Trinajstić information content (AvgIpc) is 3.24. The van der Waals surface area contributed by atoms with Crippen molar-refractivity contribution in [1.29, 1.82) is 0 Å². The molecule has 0 radical (unpaired) electrons. The zero-order chi connectivity index (χ0) is 18.9. The summed E-state index contributed by atoms with van der Waals surface area (Å²) in [5, 5.41) is 3.00. The van der Waals surface area contributed by atoms with E-state index < -0.39 is 16.1 Å². The first-order chi connectivity index (χ1) is 12.3. The van der Waals surface area contributed by atoms with Crippen molar-refractivity contribution in [3.05, 3.63) is 52.4 Å². The van der Waals surface area contributed by atoms with E-state index in [1.165, 1.54) is 15.6 Å². The third-order valence-corrected chi connectivity index (χ3v) is 8.17. The van der Waals surface area contributed by atoms with E-state index in [0.29, 0.717) is 23.6 Å². The number of sulfonamides is 1. The third-order valence-electron chi connectivity index (χ3n) is 4.80. The Morgan fingerprint density at radius 3 is 2.62 bits per heavy atom. The number of hydrogen-bond donors (Lipinski definition) is 1. The van der Waals surface area contributed by atoms with Crippen molar-refractivity contribution in [3.8, 4) is 0 Å². The number of amides is 1. The summed E-state index contributed by atoms with van der Waals surface area (Å²) >= 11 is 1.25. The Kier molecular flexibility index (Phi) is 5.50. The van der Waals surface area contributed by atoms with Crippen molar-refractivity contribution in [2.45, 2.75) is 49.9 Å². The van der Waals surface area contributed by atoms with Crippen LogP contribution in [0.15, 0.2) is 40.6 Å². The molecule has 7 heteroatoms. The maximum Gasteiger partial charge on any atom is 0.253 e. The van der Waals surface area contributed by atoms with Crippen molar-refractivity contribution in [3.63, 3.8) is 0 Å². The van der Waals surface area contributed by atoms with E-state index >= 15 is 0 Å². The Morgan fingerprint density at radius 1 is 1.23 bits per heavy atom. The van der Waals surface area contributed by atoms with Crippen molar-refractivity contribution < 1.29 is 13.2 Å². The van der Waals surface area contributed by atoms with Gasteiger partial charge in [0.2, 0.25) is 5.91 Å². The van der Waals surface area contributed by atoms with Gasteiger partial charge in [0.05, 0.1) is 6.04 Å². The molecule has 0 bridgehead atoms. The molecule has 26 heavy (non-hydrogen) atoms. The number of carbonyl (C=O) groups excluding carboxylic acids is 1. The normalized spacial score (nSPS) is 19.4. The second-order valence-corrected chi connectivity index (χ2v) is 10.1. The molecular formula is C19H24N2O3S2. The van der Waals surface area contributed by atoms with Crippen LogP contribution < -0.4 is 5.32 Å². The van der Waals surface area contributed by atoms with Crippen molar-refractivity contribution in [2.75, 3.05) is 6.54 Å². The summed E-state index contributed by atoms with van der Waals surface area (Å²) in [5.41, 5.74) is 2.15. The topological polar surface area (TPSA) is 66.5 Å². The molecule has 0 spiro atoms. The summed E-state index contributed by atoms with van der Waals surface area (Å²) in [5.74, 6) is -0.227. The maximum absolute atomic E-state index is 12.9. The van der Waals surface area contributed by atoms with Crippen LogP contribution in [0.5, 0.6) is 0 Å². The predicted octanol–water partition coefficient (Wildman–Crippen LogP) is 3.40. The highest BCUT2D eigenvalue weighted by atomic mass is 32.2. The molecule has 140 valence electrons. The third kappa shape index (κ3) is 3.70. The molecule has 0 saturated carbocycles. The molecule has 1 saturated heterocycles. The SMILES string of the molecule is Cc1ccc(S(=O)(=O)N2CCCC2C(=O)NC(C)c2ccccc2C)s1. The summed E-state index contributed by atoms with van der Waals surface area (Å²) in [4.78, 5) is 13.8. The van der Waals surface area contributed by atoms with E-state index in [1.807, 2.05) is 45.0 Å². The van der Waals surface area contributed by atoms with Gasteiger partial charge in [-0.1, -0.05) is 24.3 Å². The van der Waals surface area contributed by atoms with E-state index in [-0.39, 0.29) is 11.9 Å². The number of nitrogens with zero attached hydrogens (tertiary/aromatic N) is 1. The van der Waals surface area contributed by atoms with E-state index in [9.17, 15) is 13.2 Å². The van der Waals surface area contributed by atoms with Crippen LogP contribution in [0.25, 0.3) is 0 Å². The van der Waals surface area contributed by atoms with Gasteiger partial charge in [0.25, 0.3) is 10.0 Å². The van der Waals surface area contributed by atoms with E-state index in [1.54, 1.807) is 12.1 Å². The highest BCUT2D eigenvalue weighted by Gasteiger charge is 2.40. The van der Waals surface area contributed by atoms with Crippen LogP contribution in [0.2, 0.25) is 0 Å². The Morgan fingerprint density at radius 2 is 1.96 bits per heavy atom. The van der Waals surface area contributed by atoms with Gasteiger partial charge in [-0.15, -0.1) is 11.3 Å². The van der Waals surface area contributed by atoms with Gasteiger partial charge in [-0.25, -0.2) is 8.42 Å². The minimum atomic E-state index is -3.63. The molecule has 3 rings (SSSR count). The van der Waals surface area contributed by atoms with Gasteiger partial charge < -0.3 is 5.32 Å². The standard InChI is InChI=1S/C19H24N2O3S2/c1-13-7-4-5-8-16(13)15(3)20-19(22)17-9-6-12-21(17)26(23,24)18-11-10-14(2)25-18/h4-5,7-8,10-11,15,17H,6,9,12H2,1-3H3,(H,20,22). The fourth-order valence-corrected chi connectivity index (χ4v) is 6.49. The highest BCUT2D eigenvalue weighted by Crippen LogP contribution is 2.30. The summed E-state index contributed by atoms with van der Waals surface area (Å²) in [6.07, 6.45) is 1.25. The lowest BCUT2D eigenvalue weighted by molar-refractivity contribution is -0.124. The van der Waals surface area contributed by atoms with E-state index in [2.05, 4.69) is 5.32 Å². The fourth-order valence-electron chi connectivity index (χ4n) is 3.42. The van der Waals surface area contributed by atoms with Crippen molar-refractivity contribution in [1.82, 2.24) is 9.62 Å². The first kappa shape index (κ1) is 19.1. The monoisotopic (exact) mass is 392 g/mol. The lowest BCUT2D eigenvalue weighted by Crippen LogP contribution is -2.46. The predicted molar refractivity (Wildman–Crippen MR) is 104 cm³/mol. The molecule has 1 amide bonds. The van der Waals surface area contributed by atoms with Crippen LogP contribution in [0.4, 0.5) is 0 Å². The molecule has 1 aliphatic rings.